The molecule has 0 aromatic heterocycles. The molecule has 118 valence electrons. The molecule has 1 atom stereocenters. The smallest absolute Gasteiger partial charge is 0.308 e. The summed E-state index contributed by atoms with van der Waals surface area (Å²) >= 11 is 6.11. The van der Waals surface area contributed by atoms with Crippen molar-refractivity contribution in [3.63, 3.8) is 0 Å². The van der Waals surface area contributed by atoms with E-state index in [0.717, 1.165) is 12.8 Å². The van der Waals surface area contributed by atoms with Crippen LogP contribution in [0.1, 0.15) is 30.1 Å². The Morgan fingerprint density at radius 1 is 1.41 bits per heavy atom. The number of carboxylic acids is 1. The van der Waals surface area contributed by atoms with Crippen molar-refractivity contribution >= 4 is 23.5 Å². The van der Waals surface area contributed by atoms with Crippen LogP contribution < -0.4 is 9.47 Å². The van der Waals surface area contributed by atoms with Crippen molar-refractivity contribution in [2.75, 3.05) is 13.3 Å². The number of carbonyl (C=O) groups is 2. The molecule has 1 aromatic carbocycles. The summed E-state index contributed by atoms with van der Waals surface area (Å²) in [5.74, 6) is -0.875. The van der Waals surface area contributed by atoms with E-state index in [1.807, 2.05) is 0 Å². The lowest BCUT2D eigenvalue weighted by atomic mass is 10.1. The number of hydrogen-bond acceptors (Lipinski definition) is 4. The Labute approximate surface area is 132 Å². The third-order valence-electron chi connectivity index (χ3n) is 3.81. The molecule has 1 N–H and O–H groups in total. The summed E-state index contributed by atoms with van der Waals surface area (Å²) in [5, 5.41) is 9.38. The van der Waals surface area contributed by atoms with Gasteiger partial charge in [0.05, 0.1) is 10.9 Å². The van der Waals surface area contributed by atoms with Gasteiger partial charge in [0.25, 0.3) is 5.91 Å². The minimum absolute atomic E-state index is 0.0785. The number of fused-ring (bicyclic) bond motifs is 1. The number of rotatable bonds is 5. The summed E-state index contributed by atoms with van der Waals surface area (Å²) in [6, 6.07) is 3.24. The fraction of sp³-hybridized carbons (Fsp3) is 0.467. The van der Waals surface area contributed by atoms with Gasteiger partial charge < -0.3 is 19.5 Å². The molecule has 6 nitrogen and oxygen atoms in total. The van der Waals surface area contributed by atoms with Gasteiger partial charge in [0.15, 0.2) is 11.5 Å². The Bertz CT molecular complexity index is 629. The number of aliphatic carboxylic acids is 1. The summed E-state index contributed by atoms with van der Waals surface area (Å²) in [4.78, 5) is 25.4. The summed E-state index contributed by atoms with van der Waals surface area (Å²) in [7, 11) is 0. The van der Waals surface area contributed by atoms with E-state index in [4.69, 9.17) is 26.2 Å². The zero-order chi connectivity index (χ0) is 15.9. The molecule has 3 rings (SSSR count). The molecule has 1 heterocycles. The van der Waals surface area contributed by atoms with Crippen LogP contribution >= 0.6 is 11.6 Å². The van der Waals surface area contributed by atoms with Crippen molar-refractivity contribution in [3.8, 4) is 11.5 Å². The standard InChI is InChI=1S/C15H16ClNO5/c1-8(15(19)20)6-17(10-2-3-10)14(18)9-4-11(16)13-12(5-9)21-7-22-13/h4-5,8,10H,2-3,6-7H2,1H3,(H,19,20). The van der Waals surface area contributed by atoms with Gasteiger partial charge >= 0.3 is 5.97 Å². The van der Waals surface area contributed by atoms with E-state index in [1.54, 1.807) is 17.9 Å². The zero-order valence-corrected chi connectivity index (χ0v) is 12.8. The molecule has 2 aliphatic rings. The normalized spacial score (nSPS) is 17.2. The predicted octanol–water partition coefficient (Wildman–Crippen LogP) is 2.39. The Morgan fingerprint density at radius 2 is 2.14 bits per heavy atom. The van der Waals surface area contributed by atoms with Crippen molar-refractivity contribution in [3.05, 3.63) is 22.7 Å². The van der Waals surface area contributed by atoms with Crippen LogP contribution in [0.25, 0.3) is 0 Å². The first-order chi connectivity index (χ1) is 10.5. The Balaban J connectivity index is 1.84. The molecular weight excluding hydrogens is 310 g/mol. The second-order valence-corrected chi connectivity index (χ2v) is 6.03. The average Bonchev–Trinajstić information content (AvgIpc) is 3.20. The maximum absolute atomic E-state index is 12.7. The first kappa shape index (κ1) is 15.0. The number of hydrogen-bond donors (Lipinski definition) is 1. The third-order valence-corrected chi connectivity index (χ3v) is 4.10. The van der Waals surface area contributed by atoms with Crippen molar-refractivity contribution in [2.45, 2.75) is 25.8 Å². The Kier molecular flexibility index (Phi) is 3.87. The molecule has 0 radical (unpaired) electrons. The highest BCUT2D eigenvalue weighted by Gasteiger charge is 2.35. The second kappa shape index (κ2) is 5.68. The fourth-order valence-corrected chi connectivity index (χ4v) is 2.68. The van der Waals surface area contributed by atoms with Crippen LogP contribution in [0.15, 0.2) is 12.1 Å². The summed E-state index contributed by atoms with van der Waals surface area (Å²) in [5.41, 5.74) is 0.388. The summed E-state index contributed by atoms with van der Waals surface area (Å²) in [6.45, 7) is 1.86. The molecule has 0 spiro atoms. The Morgan fingerprint density at radius 3 is 2.77 bits per heavy atom. The molecule has 1 saturated carbocycles. The van der Waals surface area contributed by atoms with Gasteiger partial charge in [0.2, 0.25) is 6.79 Å². The molecule has 1 fully saturated rings. The zero-order valence-electron chi connectivity index (χ0n) is 12.0. The lowest BCUT2D eigenvalue weighted by Crippen LogP contribution is -2.38. The first-order valence-corrected chi connectivity index (χ1v) is 7.48. The highest BCUT2D eigenvalue weighted by atomic mass is 35.5. The lowest BCUT2D eigenvalue weighted by molar-refractivity contribution is -0.141. The van der Waals surface area contributed by atoms with Crippen molar-refractivity contribution in [2.24, 2.45) is 5.92 Å². The van der Waals surface area contributed by atoms with Crippen LogP contribution in [-0.4, -0.2) is 41.3 Å². The fourth-order valence-electron chi connectivity index (χ4n) is 2.41. The van der Waals surface area contributed by atoms with Gasteiger partial charge in [-0.15, -0.1) is 0 Å². The highest BCUT2D eigenvalue weighted by Crippen LogP contribution is 2.40. The van der Waals surface area contributed by atoms with Crippen LogP contribution in [-0.2, 0) is 4.79 Å². The van der Waals surface area contributed by atoms with Crippen molar-refractivity contribution < 1.29 is 24.2 Å². The molecule has 1 aliphatic heterocycles. The number of benzene rings is 1. The number of carbonyl (C=O) groups excluding carboxylic acids is 1. The maximum Gasteiger partial charge on any atom is 0.308 e. The monoisotopic (exact) mass is 325 g/mol. The van der Waals surface area contributed by atoms with Crippen LogP contribution in [0.2, 0.25) is 5.02 Å². The summed E-state index contributed by atoms with van der Waals surface area (Å²) in [6.07, 6.45) is 1.80. The molecule has 7 heteroatoms. The third kappa shape index (κ3) is 2.83. The van der Waals surface area contributed by atoms with E-state index in [2.05, 4.69) is 0 Å². The molecule has 1 aliphatic carbocycles. The quantitative estimate of drug-likeness (QED) is 0.899. The lowest BCUT2D eigenvalue weighted by Gasteiger charge is -2.24. The molecule has 0 saturated heterocycles. The number of carboxylic acid groups (broad SMARTS) is 1. The van der Waals surface area contributed by atoms with Gasteiger partial charge in [-0.25, -0.2) is 0 Å². The molecule has 1 amide bonds. The topological polar surface area (TPSA) is 76.1 Å². The van der Waals surface area contributed by atoms with Crippen LogP contribution in [0, 0.1) is 5.92 Å². The SMILES string of the molecule is CC(CN(C(=O)c1cc(Cl)c2c(c1)OCO2)C1CC1)C(=O)O. The molecule has 22 heavy (non-hydrogen) atoms. The molecule has 1 aromatic rings. The highest BCUT2D eigenvalue weighted by molar-refractivity contribution is 6.32. The van der Waals surface area contributed by atoms with Gasteiger partial charge in [-0.3, -0.25) is 9.59 Å². The summed E-state index contributed by atoms with van der Waals surface area (Å²) < 4.78 is 10.5. The number of nitrogens with zero attached hydrogens (tertiary/aromatic N) is 1. The van der Waals surface area contributed by atoms with E-state index in [-0.39, 0.29) is 25.3 Å². The van der Waals surface area contributed by atoms with E-state index in [0.29, 0.717) is 22.1 Å². The molecular formula is C15H16ClNO5. The maximum atomic E-state index is 12.7. The number of halogens is 1. The minimum Gasteiger partial charge on any atom is -0.481 e. The van der Waals surface area contributed by atoms with E-state index in [9.17, 15) is 9.59 Å². The van der Waals surface area contributed by atoms with Gasteiger partial charge in [-0.05, 0) is 25.0 Å². The van der Waals surface area contributed by atoms with E-state index < -0.39 is 11.9 Å². The largest absolute Gasteiger partial charge is 0.481 e. The van der Waals surface area contributed by atoms with Crippen molar-refractivity contribution in [1.29, 1.82) is 0 Å². The van der Waals surface area contributed by atoms with Gasteiger partial charge in [0, 0.05) is 18.2 Å². The number of amides is 1. The van der Waals surface area contributed by atoms with E-state index >= 15 is 0 Å². The minimum atomic E-state index is -0.915. The second-order valence-electron chi connectivity index (χ2n) is 5.62. The number of ether oxygens (including phenoxy) is 2. The van der Waals surface area contributed by atoms with E-state index in [1.165, 1.54) is 6.07 Å². The van der Waals surface area contributed by atoms with Crippen LogP contribution in [0.4, 0.5) is 0 Å². The first-order valence-electron chi connectivity index (χ1n) is 7.10. The van der Waals surface area contributed by atoms with Gasteiger partial charge in [-0.1, -0.05) is 18.5 Å². The van der Waals surface area contributed by atoms with Gasteiger partial charge in [0.1, 0.15) is 0 Å². The molecule has 0 bridgehead atoms. The van der Waals surface area contributed by atoms with Gasteiger partial charge in [-0.2, -0.15) is 0 Å². The Hall–Kier alpha value is -1.95. The predicted molar refractivity (Wildman–Crippen MR) is 78.4 cm³/mol. The van der Waals surface area contributed by atoms with Crippen LogP contribution in [0.3, 0.4) is 0 Å². The average molecular weight is 326 g/mol. The van der Waals surface area contributed by atoms with Crippen molar-refractivity contribution in [1.82, 2.24) is 4.90 Å². The van der Waals surface area contributed by atoms with Crippen LogP contribution in [0.5, 0.6) is 11.5 Å². The molecule has 1 unspecified atom stereocenters.